The third kappa shape index (κ3) is 3.63. The number of rotatable bonds is 5. The Morgan fingerprint density at radius 1 is 1.33 bits per heavy atom. The van der Waals surface area contributed by atoms with Crippen molar-refractivity contribution in [3.8, 4) is 11.8 Å². The van der Waals surface area contributed by atoms with Crippen LogP contribution < -0.4 is 4.74 Å². The molecule has 0 heterocycles. The molecule has 0 unspecified atom stereocenters. The van der Waals surface area contributed by atoms with Crippen LogP contribution in [0.1, 0.15) is 37.3 Å². The van der Waals surface area contributed by atoms with Gasteiger partial charge in [0, 0.05) is 0 Å². The first-order chi connectivity index (χ1) is 7.27. The molecule has 0 atom stereocenters. The van der Waals surface area contributed by atoms with Crippen LogP contribution in [-0.2, 0) is 0 Å². The lowest BCUT2D eigenvalue weighted by atomic mass is 10.1. The lowest BCUT2D eigenvalue weighted by molar-refractivity contribution is 0.304. The minimum atomic E-state index is 0.688. The molecule has 0 radical (unpaired) electrons. The summed E-state index contributed by atoms with van der Waals surface area (Å²) in [5.74, 6) is 0.894. The Morgan fingerprint density at radius 2 is 2.13 bits per heavy atom. The van der Waals surface area contributed by atoms with Gasteiger partial charge in [0.1, 0.15) is 5.75 Å². The fraction of sp³-hybridized carbons (Fsp3) is 0.462. The molecule has 15 heavy (non-hydrogen) atoms. The van der Waals surface area contributed by atoms with E-state index in [1.165, 1.54) is 12.8 Å². The average Bonchev–Trinajstić information content (AvgIpc) is 2.26. The Morgan fingerprint density at radius 3 is 2.73 bits per heavy atom. The van der Waals surface area contributed by atoms with Gasteiger partial charge in [0.2, 0.25) is 0 Å². The molecule has 0 aromatic heterocycles. The smallest absolute Gasteiger partial charge is 0.122 e. The largest absolute Gasteiger partial charge is 0.493 e. The van der Waals surface area contributed by atoms with E-state index in [0.717, 1.165) is 24.3 Å². The zero-order valence-corrected chi connectivity index (χ0v) is 9.42. The second-order valence-corrected chi connectivity index (χ2v) is 3.65. The molecule has 2 heteroatoms. The van der Waals surface area contributed by atoms with Gasteiger partial charge in [-0.3, -0.25) is 0 Å². The van der Waals surface area contributed by atoms with E-state index in [-0.39, 0.29) is 0 Å². The molecule has 0 spiro atoms. The highest BCUT2D eigenvalue weighted by Gasteiger charge is 2.00. The molecular formula is C13H17NO. The molecule has 0 amide bonds. The van der Waals surface area contributed by atoms with Gasteiger partial charge in [-0.15, -0.1) is 0 Å². The summed E-state index contributed by atoms with van der Waals surface area (Å²) in [5, 5.41) is 8.71. The van der Waals surface area contributed by atoms with Crippen LogP contribution in [0.5, 0.6) is 5.75 Å². The molecule has 1 rings (SSSR count). The number of ether oxygens (including phenoxy) is 1. The van der Waals surface area contributed by atoms with E-state index >= 15 is 0 Å². The van der Waals surface area contributed by atoms with Gasteiger partial charge in [-0.1, -0.05) is 19.8 Å². The van der Waals surface area contributed by atoms with E-state index in [0.29, 0.717) is 5.56 Å². The maximum absolute atomic E-state index is 8.71. The Hall–Kier alpha value is -1.49. The van der Waals surface area contributed by atoms with E-state index in [2.05, 4.69) is 13.0 Å². The molecule has 0 bridgehead atoms. The fourth-order valence-corrected chi connectivity index (χ4v) is 1.42. The van der Waals surface area contributed by atoms with Gasteiger partial charge in [0.05, 0.1) is 18.2 Å². The maximum atomic E-state index is 8.71. The van der Waals surface area contributed by atoms with Crippen molar-refractivity contribution in [2.24, 2.45) is 0 Å². The van der Waals surface area contributed by atoms with Gasteiger partial charge in [-0.25, -0.2) is 0 Å². The predicted octanol–water partition coefficient (Wildman–Crippen LogP) is 3.44. The number of aryl methyl sites for hydroxylation is 1. The fourth-order valence-electron chi connectivity index (χ4n) is 1.42. The molecule has 2 nitrogen and oxygen atoms in total. The summed E-state index contributed by atoms with van der Waals surface area (Å²) in [6.45, 7) is 4.91. The maximum Gasteiger partial charge on any atom is 0.122 e. The van der Waals surface area contributed by atoms with Crippen LogP contribution in [0, 0.1) is 18.3 Å². The minimum Gasteiger partial charge on any atom is -0.493 e. The van der Waals surface area contributed by atoms with E-state index in [1.54, 1.807) is 6.07 Å². The molecule has 80 valence electrons. The first-order valence-corrected chi connectivity index (χ1v) is 5.41. The summed E-state index contributed by atoms with van der Waals surface area (Å²) < 4.78 is 5.63. The Kier molecular flexibility index (Phi) is 4.70. The summed E-state index contributed by atoms with van der Waals surface area (Å²) in [5.41, 5.74) is 1.72. The second kappa shape index (κ2) is 6.08. The van der Waals surface area contributed by atoms with Gasteiger partial charge >= 0.3 is 0 Å². The van der Waals surface area contributed by atoms with Gasteiger partial charge in [-0.05, 0) is 37.1 Å². The van der Waals surface area contributed by atoms with Crippen LogP contribution in [0.4, 0.5) is 0 Å². The third-order valence-electron chi connectivity index (χ3n) is 2.31. The van der Waals surface area contributed by atoms with E-state index < -0.39 is 0 Å². The lowest BCUT2D eigenvalue weighted by Gasteiger charge is -2.08. The molecule has 0 aliphatic rings. The summed E-state index contributed by atoms with van der Waals surface area (Å²) in [7, 11) is 0. The van der Waals surface area contributed by atoms with Gasteiger partial charge < -0.3 is 4.74 Å². The Labute approximate surface area is 91.5 Å². The normalized spacial score (nSPS) is 9.67. The summed E-state index contributed by atoms with van der Waals surface area (Å²) in [6.07, 6.45) is 3.50. The Bertz CT molecular complexity index is 352. The zero-order chi connectivity index (χ0) is 11.1. The van der Waals surface area contributed by atoms with Crippen molar-refractivity contribution in [1.82, 2.24) is 0 Å². The van der Waals surface area contributed by atoms with Gasteiger partial charge in [-0.2, -0.15) is 5.26 Å². The van der Waals surface area contributed by atoms with Crippen molar-refractivity contribution in [1.29, 1.82) is 5.26 Å². The highest BCUT2D eigenvalue weighted by molar-refractivity contribution is 5.41. The topological polar surface area (TPSA) is 33.0 Å². The summed E-state index contributed by atoms with van der Waals surface area (Å²) in [4.78, 5) is 0. The third-order valence-corrected chi connectivity index (χ3v) is 2.31. The first-order valence-electron chi connectivity index (χ1n) is 5.41. The molecule has 1 aromatic rings. The number of unbranched alkanes of at least 4 members (excludes halogenated alkanes) is 2. The number of nitriles is 1. The monoisotopic (exact) mass is 203 g/mol. The van der Waals surface area contributed by atoms with Crippen LogP contribution in [0.2, 0.25) is 0 Å². The van der Waals surface area contributed by atoms with Gasteiger partial charge in [0.15, 0.2) is 0 Å². The number of nitrogens with zero attached hydrogens (tertiary/aromatic N) is 1. The van der Waals surface area contributed by atoms with Crippen molar-refractivity contribution in [3.05, 3.63) is 29.3 Å². The molecule has 0 saturated carbocycles. The van der Waals surface area contributed by atoms with E-state index in [9.17, 15) is 0 Å². The van der Waals surface area contributed by atoms with E-state index in [4.69, 9.17) is 10.00 Å². The SMILES string of the molecule is CCCCCOc1ccc(C#N)cc1C. The molecule has 0 aliphatic carbocycles. The number of hydrogen-bond donors (Lipinski definition) is 0. The Balaban J connectivity index is 2.52. The quantitative estimate of drug-likeness (QED) is 0.687. The number of benzene rings is 1. The average molecular weight is 203 g/mol. The van der Waals surface area contributed by atoms with Crippen LogP contribution >= 0.6 is 0 Å². The number of hydrogen-bond acceptors (Lipinski definition) is 2. The standard InChI is InChI=1S/C13H17NO/c1-3-4-5-8-15-13-7-6-12(10-14)9-11(13)2/h6-7,9H,3-5,8H2,1-2H3. The molecule has 0 N–H and O–H groups in total. The van der Waals surface area contributed by atoms with Crippen LogP contribution in [0.15, 0.2) is 18.2 Å². The van der Waals surface area contributed by atoms with Crippen molar-refractivity contribution < 1.29 is 4.74 Å². The summed E-state index contributed by atoms with van der Waals surface area (Å²) >= 11 is 0. The van der Waals surface area contributed by atoms with Crippen LogP contribution in [-0.4, -0.2) is 6.61 Å². The van der Waals surface area contributed by atoms with E-state index in [1.807, 2.05) is 19.1 Å². The summed E-state index contributed by atoms with van der Waals surface area (Å²) in [6, 6.07) is 7.64. The zero-order valence-electron chi connectivity index (χ0n) is 9.42. The molecule has 0 saturated heterocycles. The van der Waals surface area contributed by atoms with Crippen LogP contribution in [0.25, 0.3) is 0 Å². The lowest BCUT2D eigenvalue weighted by Crippen LogP contribution is -1.98. The molecule has 0 fully saturated rings. The van der Waals surface area contributed by atoms with Crippen molar-refractivity contribution in [2.45, 2.75) is 33.1 Å². The van der Waals surface area contributed by atoms with Crippen molar-refractivity contribution in [2.75, 3.05) is 6.61 Å². The molecule has 0 aliphatic heterocycles. The highest BCUT2D eigenvalue weighted by Crippen LogP contribution is 2.19. The minimum absolute atomic E-state index is 0.688. The van der Waals surface area contributed by atoms with Gasteiger partial charge in [0.25, 0.3) is 0 Å². The second-order valence-electron chi connectivity index (χ2n) is 3.65. The molecule has 1 aromatic carbocycles. The van der Waals surface area contributed by atoms with Crippen LogP contribution in [0.3, 0.4) is 0 Å². The first kappa shape index (κ1) is 11.6. The molecular weight excluding hydrogens is 186 g/mol. The highest BCUT2D eigenvalue weighted by atomic mass is 16.5. The van der Waals surface area contributed by atoms with Crippen molar-refractivity contribution in [3.63, 3.8) is 0 Å². The predicted molar refractivity (Wildman–Crippen MR) is 60.9 cm³/mol. The van der Waals surface area contributed by atoms with Crippen molar-refractivity contribution >= 4 is 0 Å².